The summed E-state index contributed by atoms with van der Waals surface area (Å²) in [4.78, 5) is 10.9. The molecule has 1 aromatic rings. The monoisotopic (exact) mass is 313 g/mol. The Morgan fingerprint density at radius 1 is 1.38 bits per heavy atom. The maximum absolute atomic E-state index is 12.5. The van der Waals surface area contributed by atoms with Crippen molar-refractivity contribution in [2.75, 3.05) is 7.11 Å². The first-order valence-corrected chi connectivity index (χ1v) is 8.11. The summed E-state index contributed by atoms with van der Waals surface area (Å²) in [6, 6.07) is 3.72. The highest BCUT2D eigenvalue weighted by molar-refractivity contribution is 7.89. The van der Waals surface area contributed by atoms with Crippen LogP contribution in [0.2, 0.25) is 0 Å². The number of nitrogens with one attached hydrogen (secondary N) is 1. The zero-order valence-electron chi connectivity index (χ0n) is 12.2. The van der Waals surface area contributed by atoms with E-state index in [0.29, 0.717) is 5.92 Å². The van der Waals surface area contributed by atoms with Crippen LogP contribution in [-0.4, -0.2) is 32.1 Å². The van der Waals surface area contributed by atoms with Crippen molar-refractivity contribution >= 4 is 16.0 Å². The van der Waals surface area contributed by atoms with Gasteiger partial charge in [0.15, 0.2) is 0 Å². The lowest BCUT2D eigenvalue weighted by molar-refractivity contribution is 0.0696. The van der Waals surface area contributed by atoms with Gasteiger partial charge in [-0.1, -0.05) is 0 Å². The summed E-state index contributed by atoms with van der Waals surface area (Å²) in [5.41, 5.74) is -0.553. The minimum absolute atomic E-state index is 0.0211. The zero-order valence-corrected chi connectivity index (χ0v) is 13.0. The molecule has 0 aromatic heterocycles. The Morgan fingerprint density at radius 2 is 2.00 bits per heavy atom. The first kappa shape index (κ1) is 15.8. The van der Waals surface area contributed by atoms with E-state index in [1.165, 1.54) is 25.3 Å². The summed E-state index contributed by atoms with van der Waals surface area (Å²) in [7, 11) is -2.46. The van der Waals surface area contributed by atoms with Gasteiger partial charge in [-0.2, -0.15) is 0 Å². The molecule has 0 radical (unpaired) electrons. The van der Waals surface area contributed by atoms with Gasteiger partial charge in [0.25, 0.3) is 0 Å². The number of methoxy groups -OCH3 is 1. The molecule has 2 rings (SSSR count). The molecular weight excluding hydrogens is 294 g/mol. The minimum Gasteiger partial charge on any atom is -0.495 e. The van der Waals surface area contributed by atoms with Crippen LogP contribution >= 0.6 is 0 Å². The molecule has 0 atom stereocenters. The predicted molar refractivity (Wildman–Crippen MR) is 77.1 cm³/mol. The molecule has 1 fully saturated rings. The van der Waals surface area contributed by atoms with Crippen LogP contribution in [0.5, 0.6) is 5.75 Å². The normalized spacial score (nSPS) is 15.8. The van der Waals surface area contributed by atoms with Crippen LogP contribution in [0.15, 0.2) is 23.1 Å². The Kier molecular flexibility index (Phi) is 3.99. The molecule has 0 unspecified atom stereocenters. The van der Waals surface area contributed by atoms with Crippen LogP contribution in [-0.2, 0) is 10.0 Å². The van der Waals surface area contributed by atoms with Crippen molar-refractivity contribution in [2.24, 2.45) is 5.92 Å². The third-order valence-corrected chi connectivity index (χ3v) is 5.41. The van der Waals surface area contributed by atoms with Crippen molar-refractivity contribution in [2.45, 2.75) is 37.1 Å². The van der Waals surface area contributed by atoms with Crippen molar-refractivity contribution in [1.29, 1.82) is 0 Å². The molecule has 0 amide bonds. The topological polar surface area (TPSA) is 92.7 Å². The fourth-order valence-corrected chi connectivity index (χ4v) is 3.94. The van der Waals surface area contributed by atoms with Gasteiger partial charge in [-0.05, 0) is 50.8 Å². The lowest BCUT2D eigenvalue weighted by Crippen LogP contribution is -2.45. The molecule has 0 bridgehead atoms. The summed E-state index contributed by atoms with van der Waals surface area (Å²) >= 11 is 0. The summed E-state index contributed by atoms with van der Waals surface area (Å²) in [5, 5.41) is 8.95. The van der Waals surface area contributed by atoms with Gasteiger partial charge in [0.05, 0.1) is 12.7 Å². The zero-order chi connectivity index (χ0) is 15.8. The number of rotatable bonds is 6. The number of carboxylic acids is 1. The summed E-state index contributed by atoms with van der Waals surface area (Å²) in [5.74, 6) is -0.783. The van der Waals surface area contributed by atoms with Crippen LogP contribution in [0.1, 0.15) is 37.0 Å². The number of carbonyl (C=O) groups is 1. The number of hydrogen-bond acceptors (Lipinski definition) is 4. The van der Waals surface area contributed by atoms with E-state index in [1.807, 2.05) is 13.8 Å². The molecule has 2 N–H and O–H groups in total. The number of sulfonamides is 1. The Balaban J connectivity index is 2.37. The SMILES string of the molecule is COc1cc(C(=O)O)ccc1S(=O)(=O)NC(C)(C)C1CC1. The van der Waals surface area contributed by atoms with Crippen LogP contribution in [0.25, 0.3) is 0 Å². The van der Waals surface area contributed by atoms with Gasteiger partial charge in [-0.3, -0.25) is 0 Å². The summed E-state index contributed by atoms with van der Waals surface area (Å²) in [6.45, 7) is 3.70. The molecule has 1 saturated carbocycles. The van der Waals surface area contributed by atoms with E-state index in [-0.39, 0.29) is 16.2 Å². The van der Waals surface area contributed by atoms with Gasteiger partial charge < -0.3 is 9.84 Å². The average Bonchev–Trinajstić information content (AvgIpc) is 3.21. The minimum atomic E-state index is -3.78. The quantitative estimate of drug-likeness (QED) is 0.836. The van der Waals surface area contributed by atoms with Gasteiger partial charge in [0, 0.05) is 5.54 Å². The number of benzene rings is 1. The number of aromatic carboxylic acids is 1. The van der Waals surface area contributed by atoms with Gasteiger partial charge in [0.1, 0.15) is 10.6 Å². The molecule has 7 heteroatoms. The molecule has 6 nitrogen and oxygen atoms in total. The number of carboxylic acid groups (broad SMARTS) is 1. The smallest absolute Gasteiger partial charge is 0.335 e. The van der Waals surface area contributed by atoms with E-state index in [1.54, 1.807) is 0 Å². The van der Waals surface area contributed by atoms with Crippen molar-refractivity contribution in [3.05, 3.63) is 23.8 Å². The predicted octanol–water partition coefficient (Wildman–Crippen LogP) is 1.86. The average molecular weight is 313 g/mol. The second-order valence-electron chi connectivity index (χ2n) is 5.77. The van der Waals surface area contributed by atoms with E-state index in [2.05, 4.69) is 4.72 Å². The second-order valence-corrected chi connectivity index (χ2v) is 7.42. The highest BCUT2D eigenvalue weighted by atomic mass is 32.2. The Labute approximate surface area is 124 Å². The lowest BCUT2D eigenvalue weighted by atomic mass is 10.0. The third-order valence-electron chi connectivity index (χ3n) is 3.70. The van der Waals surface area contributed by atoms with Gasteiger partial charge in [-0.25, -0.2) is 17.9 Å². The second kappa shape index (κ2) is 5.31. The van der Waals surface area contributed by atoms with Gasteiger partial charge in [-0.15, -0.1) is 0 Å². The lowest BCUT2D eigenvalue weighted by Gasteiger charge is -2.26. The van der Waals surface area contributed by atoms with Gasteiger partial charge >= 0.3 is 5.97 Å². The largest absolute Gasteiger partial charge is 0.495 e. The summed E-state index contributed by atoms with van der Waals surface area (Å²) < 4.78 is 32.7. The number of ether oxygens (including phenoxy) is 1. The fraction of sp³-hybridized carbons (Fsp3) is 0.500. The van der Waals surface area contributed by atoms with E-state index in [4.69, 9.17) is 9.84 Å². The van der Waals surface area contributed by atoms with Gasteiger partial charge in [0.2, 0.25) is 10.0 Å². The maximum Gasteiger partial charge on any atom is 0.335 e. The Morgan fingerprint density at radius 3 is 2.48 bits per heavy atom. The molecule has 1 aliphatic carbocycles. The van der Waals surface area contributed by atoms with Crippen LogP contribution in [0.4, 0.5) is 0 Å². The molecule has 0 saturated heterocycles. The molecule has 21 heavy (non-hydrogen) atoms. The molecule has 1 aliphatic rings. The van der Waals surface area contributed by atoms with E-state index in [9.17, 15) is 13.2 Å². The van der Waals surface area contributed by atoms with Crippen molar-refractivity contribution < 1.29 is 23.1 Å². The van der Waals surface area contributed by atoms with Crippen molar-refractivity contribution in [3.63, 3.8) is 0 Å². The van der Waals surface area contributed by atoms with E-state index in [0.717, 1.165) is 12.8 Å². The summed E-state index contributed by atoms with van der Waals surface area (Å²) in [6.07, 6.45) is 2.01. The Bertz CT molecular complexity index is 662. The Hall–Kier alpha value is -1.60. The van der Waals surface area contributed by atoms with E-state index >= 15 is 0 Å². The molecule has 0 spiro atoms. The first-order valence-electron chi connectivity index (χ1n) is 6.62. The fourth-order valence-electron chi connectivity index (χ4n) is 2.31. The standard InChI is InChI=1S/C14H19NO5S/c1-14(2,10-5-6-10)15-21(18,19)12-7-4-9(13(16)17)8-11(12)20-3/h4,7-8,10,15H,5-6H2,1-3H3,(H,16,17). The first-order chi connectivity index (χ1) is 9.67. The molecular formula is C14H19NO5S. The van der Waals surface area contributed by atoms with Crippen LogP contribution in [0.3, 0.4) is 0 Å². The molecule has 0 heterocycles. The molecule has 0 aliphatic heterocycles. The van der Waals surface area contributed by atoms with Crippen LogP contribution in [0, 0.1) is 5.92 Å². The molecule has 116 valence electrons. The maximum atomic E-state index is 12.5. The van der Waals surface area contributed by atoms with Crippen molar-refractivity contribution in [3.8, 4) is 5.75 Å². The highest BCUT2D eigenvalue weighted by Crippen LogP contribution is 2.40. The number of hydrogen-bond donors (Lipinski definition) is 2. The van der Waals surface area contributed by atoms with Crippen LogP contribution < -0.4 is 9.46 Å². The van der Waals surface area contributed by atoms with E-state index < -0.39 is 21.5 Å². The third kappa shape index (κ3) is 3.36. The molecule has 1 aromatic carbocycles. The highest BCUT2D eigenvalue weighted by Gasteiger charge is 2.41. The van der Waals surface area contributed by atoms with Crippen molar-refractivity contribution in [1.82, 2.24) is 4.72 Å².